The lowest BCUT2D eigenvalue weighted by Crippen LogP contribution is -2.15. The van der Waals surface area contributed by atoms with Crippen molar-refractivity contribution in [3.05, 3.63) is 53.7 Å². The van der Waals surface area contributed by atoms with Crippen LogP contribution in [0.25, 0.3) is 16.7 Å². The van der Waals surface area contributed by atoms with Crippen molar-refractivity contribution < 1.29 is 18.3 Å². The zero-order valence-corrected chi connectivity index (χ0v) is 17.8. The van der Waals surface area contributed by atoms with Gasteiger partial charge in [0.2, 0.25) is 5.91 Å². The van der Waals surface area contributed by atoms with E-state index in [0.29, 0.717) is 21.8 Å². The number of halogens is 2. The van der Waals surface area contributed by atoms with Crippen LogP contribution in [-0.4, -0.2) is 37.3 Å². The Balaban J connectivity index is 1.45. The number of aryl methyl sites for hydroxylation is 1. The highest BCUT2D eigenvalue weighted by Crippen LogP contribution is 2.37. The number of hydrogen-bond donors (Lipinski definition) is 2. The quantitative estimate of drug-likeness (QED) is 0.463. The summed E-state index contributed by atoms with van der Waals surface area (Å²) in [5.41, 5.74) is 11.9. The standard InChI is InChI=1S/C22H21F2N7O2/c1-33-17-8-14(31-16-4-2-3-15(16)19-20(31)21(25)27-11-26-19)6-5-12(17)7-18(32)29-13-9-28-30(10-13)22(23)24/h5-6,8-11,22H,2-4,7H2,1H3,(H,29,32)(H2,25,26,27). The fraction of sp³-hybridized carbons (Fsp3) is 0.273. The molecular formula is C22H21F2N7O2. The predicted octanol–water partition coefficient (Wildman–Crippen LogP) is 3.27. The minimum atomic E-state index is -2.77. The Morgan fingerprint density at radius 3 is 2.91 bits per heavy atom. The second-order valence-corrected chi connectivity index (χ2v) is 7.78. The molecule has 0 saturated carbocycles. The fourth-order valence-electron chi connectivity index (χ4n) is 4.39. The predicted molar refractivity (Wildman–Crippen MR) is 118 cm³/mol. The van der Waals surface area contributed by atoms with Crippen LogP contribution < -0.4 is 15.8 Å². The van der Waals surface area contributed by atoms with Crippen molar-refractivity contribution in [2.45, 2.75) is 32.2 Å². The molecule has 0 spiro atoms. The van der Waals surface area contributed by atoms with Crippen LogP contribution in [0, 0.1) is 0 Å². The summed E-state index contributed by atoms with van der Waals surface area (Å²) in [6, 6.07) is 5.55. The summed E-state index contributed by atoms with van der Waals surface area (Å²) < 4.78 is 33.5. The third-order valence-corrected chi connectivity index (χ3v) is 5.78. The maximum atomic E-state index is 12.7. The number of methoxy groups -OCH3 is 1. The summed E-state index contributed by atoms with van der Waals surface area (Å²) in [6.07, 6.45) is 6.62. The lowest BCUT2D eigenvalue weighted by atomic mass is 10.1. The lowest BCUT2D eigenvalue weighted by Gasteiger charge is -2.14. The molecule has 3 aromatic heterocycles. The third kappa shape index (κ3) is 3.65. The van der Waals surface area contributed by atoms with Gasteiger partial charge < -0.3 is 20.4 Å². The molecule has 4 aromatic rings. The van der Waals surface area contributed by atoms with Crippen LogP contribution in [0.5, 0.6) is 5.75 Å². The van der Waals surface area contributed by atoms with Crippen molar-refractivity contribution in [3.63, 3.8) is 0 Å². The summed E-state index contributed by atoms with van der Waals surface area (Å²) in [7, 11) is 1.53. The molecule has 1 aromatic carbocycles. The fourth-order valence-corrected chi connectivity index (χ4v) is 4.39. The minimum Gasteiger partial charge on any atom is -0.496 e. The minimum absolute atomic E-state index is 0.000898. The Hall–Kier alpha value is -4.02. The van der Waals surface area contributed by atoms with Gasteiger partial charge in [-0.3, -0.25) is 4.79 Å². The number of nitrogen functional groups attached to an aromatic ring is 1. The first-order valence-corrected chi connectivity index (χ1v) is 10.4. The van der Waals surface area contributed by atoms with Crippen molar-refractivity contribution in [1.29, 1.82) is 0 Å². The summed E-state index contributed by atoms with van der Waals surface area (Å²) >= 11 is 0. The van der Waals surface area contributed by atoms with E-state index in [1.807, 2.05) is 18.2 Å². The lowest BCUT2D eigenvalue weighted by molar-refractivity contribution is -0.115. The van der Waals surface area contributed by atoms with Gasteiger partial charge in [0.1, 0.15) is 17.6 Å². The number of fused-ring (bicyclic) bond motifs is 3. The number of amides is 1. The number of benzene rings is 1. The van der Waals surface area contributed by atoms with Gasteiger partial charge in [0.05, 0.1) is 37.1 Å². The van der Waals surface area contributed by atoms with Crippen molar-refractivity contribution in [3.8, 4) is 11.4 Å². The highest BCUT2D eigenvalue weighted by Gasteiger charge is 2.25. The van der Waals surface area contributed by atoms with Gasteiger partial charge in [0, 0.05) is 23.0 Å². The number of carbonyl (C=O) groups excluding carboxylic acids is 1. The Bertz CT molecular complexity index is 1360. The van der Waals surface area contributed by atoms with Gasteiger partial charge in [-0.2, -0.15) is 13.9 Å². The third-order valence-electron chi connectivity index (χ3n) is 5.78. The maximum absolute atomic E-state index is 12.7. The zero-order chi connectivity index (χ0) is 23.1. The number of carbonyl (C=O) groups is 1. The first-order chi connectivity index (χ1) is 16.0. The molecule has 170 valence electrons. The van der Waals surface area contributed by atoms with Crippen LogP contribution in [0.4, 0.5) is 20.3 Å². The van der Waals surface area contributed by atoms with Gasteiger partial charge in [0.15, 0.2) is 5.82 Å². The van der Waals surface area contributed by atoms with Crippen molar-refractivity contribution >= 4 is 28.4 Å². The van der Waals surface area contributed by atoms with Crippen molar-refractivity contribution in [2.75, 3.05) is 18.2 Å². The molecule has 0 atom stereocenters. The first-order valence-electron chi connectivity index (χ1n) is 10.4. The molecule has 0 radical (unpaired) electrons. The molecule has 1 aliphatic carbocycles. The Morgan fingerprint density at radius 2 is 2.15 bits per heavy atom. The summed E-state index contributed by atoms with van der Waals surface area (Å²) in [6.45, 7) is -2.77. The molecule has 3 heterocycles. The molecule has 9 nitrogen and oxygen atoms in total. The number of nitrogens with two attached hydrogens (primary N) is 1. The molecular weight excluding hydrogens is 432 g/mol. The van der Waals surface area contributed by atoms with E-state index < -0.39 is 6.55 Å². The average molecular weight is 453 g/mol. The number of nitrogens with one attached hydrogen (secondary N) is 1. The number of anilines is 2. The van der Waals surface area contributed by atoms with Gasteiger partial charge in [-0.05, 0) is 30.9 Å². The van der Waals surface area contributed by atoms with Gasteiger partial charge in [-0.25, -0.2) is 14.6 Å². The SMILES string of the molecule is COc1cc(-n2c3c(c4ncnc(N)c42)CCC3)ccc1CC(=O)Nc1cnn(C(F)F)c1. The number of rotatable bonds is 6. The smallest absolute Gasteiger partial charge is 0.333 e. The maximum Gasteiger partial charge on any atom is 0.333 e. The highest BCUT2D eigenvalue weighted by molar-refractivity contribution is 5.93. The number of nitrogens with zero attached hydrogens (tertiary/aromatic N) is 5. The molecule has 33 heavy (non-hydrogen) atoms. The van der Waals surface area contributed by atoms with Gasteiger partial charge in [-0.15, -0.1) is 0 Å². The van der Waals surface area contributed by atoms with E-state index in [2.05, 4.69) is 25.0 Å². The molecule has 0 unspecified atom stereocenters. The van der Waals surface area contributed by atoms with Crippen LogP contribution >= 0.6 is 0 Å². The van der Waals surface area contributed by atoms with E-state index >= 15 is 0 Å². The molecule has 0 fully saturated rings. The van der Waals surface area contributed by atoms with Crippen LogP contribution in [0.3, 0.4) is 0 Å². The Kier molecular flexibility index (Phi) is 5.15. The van der Waals surface area contributed by atoms with Gasteiger partial charge in [-0.1, -0.05) is 6.07 Å². The number of hydrogen-bond acceptors (Lipinski definition) is 6. The Morgan fingerprint density at radius 1 is 1.30 bits per heavy atom. The summed E-state index contributed by atoms with van der Waals surface area (Å²) in [5, 5.41) is 6.09. The van der Waals surface area contributed by atoms with Gasteiger partial charge >= 0.3 is 6.55 Å². The number of aromatic nitrogens is 5. The second kappa shape index (κ2) is 8.15. The van der Waals surface area contributed by atoms with Crippen LogP contribution in [0.1, 0.15) is 29.8 Å². The topological polar surface area (TPSA) is 113 Å². The van der Waals surface area contributed by atoms with E-state index in [-0.39, 0.29) is 18.0 Å². The van der Waals surface area contributed by atoms with E-state index in [9.17, 15) is 13.6 Å². The molecule has 0 aliphatic heterocycles. The normalized spacial score (nSPS) is 13.0. The van der Waals surface area contributed by atoms with E-state index in [0.717, 1.165) is 47.9 Å². The van der Waals surface area contributed by atoms with Gasteiger partial charge in [0.25, 0.3) is 0 Å². The van der Waals surface area contributed by atoms with Crippen LogP contribution in [0.2, 0.25) is 0 Å². The van der Waals surface area contributed by atoms with E-state index in [4.69, 9.17) is 10.5 Å². The van der Waals surface area contributed by atoms with Crippen molar-refractivity contribution in [1.82, 2.24) is 24.3 Å². The number of alkyl halides is 2. The van der Waals surface area contributed by atoms with Crippen LogP contribution in [0.15, 0.2) is 36.9 Å². The average Bonchev–Trinajstić information content (AvgIpc) is 3.51. The molecule has 5 rings (SSSR count). The first kappa shape index (κ1) is 20.9. The molecule has 1 amide bonds. The molecule has 11 heteroatoms. The van der Waals surface area contributed by atoms with Crippen LogP contribution in [-0.2, 0) is 24.1 Å². The van der Waals surface area contributed by atoms with Crippen molar-refractivity contribution in [2.24, 2.45) is 0 Å². The summed E-state index contributed by atoms with van der Waals surface area (Å²) in [4.78, 5) is 21.1. The molecule has 3 N–H and O–H groups in total. The largest absolute Gasteiger partial charge is 0.496 e. The molecule has 1 aliphatic rings. The zero-order valence-electron chi connectivity index (χ0n) is 17.8. The molecule has 0 saturated heterocycles. The highest BCUT2D eigenvalue weighted by atomic mass is 19.3. The summed E-state index contributed by atoms with van der Waals surface area (Å²) in [5.74, 6) is 0.552. The van der Waals surface area contributed by atoms with E-state index in [1.54, 1.807) is 0 Å². The second-order valence-electron chi connectivity index (χ2n) is 7.78. The Labute approximate surface area is 187 Å². The number of ether oxygens (including phenoxy) is 1. The monoisotopic (exact) mass is 453 g/mol. The van der Waals surface area contributed by atoms with E-state index in [1.165, 1.54) is 25.2 Å². The molecule has 0 bridgehead atoms.